The summed E-state index contributed by atoms with van der Waals surface area (Å²) in [4.78, 5) is 16.9. The van der Waals surface area contributed by atoms with Gasteiger partial charge in [0, 0.05) is 5.56 Å². The van der Waals surface area contributed by atoms with Gasteiger partial charge in [0.2, 0.25) is 0 Å². The fourth-order valence-electron chi connectivity index (χ4n) is 2.54. The van der Waals surface area contributed by atoms with Crippen LogP contribution in [0.1, 0.15) is 34.8 Å². The summed E-state index contributed by atoms with van der Waals surface area (Å²) in [6.45, 7) is 6.78. The number of nitrogens with zero attached hydrogens (tertiary/aromatic N) is 1. The molecule has 2 N–H and O–H groups in total. The van der Waals surface area contributed by atoms with Gasteiger partial charge >= 0.3 is 0 Å². The minimum Gasteiger partial charge on any atom is -0.494 e. The van der Waals surface area contributed by atoms with Crippen LogP contribution in [0.3, 0.4) is 0 Å². The van der Waals surface area contributed by atoms with E-state index in [1.807, 2.05) is 13.8 Å². The molecule has 1 heterocycles. The van der Waals surface area contributed by atoms with Crippen LogP contribution in [0.25, 0.3) is 10.2 Å². The van der Waals surface area contributed by atoms with Gasteiger partial charge in [-0.05, 0) is 67.9 Å². The highest BCUT2D eigenvalue weighted by Gasteiger charge is 2.12. The Bertz CT molecular complexity index is 942. The van der Waals surface area contributed by atoms with Crippen molar-refractivity contribution in [2.75, 3.05) is 11.9 Å². The second-order valence-electron chi connectivity index (χ2n) is 6.18. The fourth-order valence-corrected chi connectivity index (χ4v) is 3.81. The number of thiocarbonyl (C=S) groups is 1. The average molecular weight is 400 g/mol. The standard InChI is InChI=1S/C20H21N3O2S2/c1-4-11-25-15-9-7-14(8-10-15)18(24)22-19(26)23-20-21-16-12(2)5-6-13(3)17(16)27-20/h5-10H,4,11H2,1-3H3,(H2,21,22,23,24,26). The zero-order valence-corrected chi connectivity index (χ0v) is 17.1. The van der Waals surface area contributed by atoms with Crippen LogP contribution in [0.15, 0.2) is 36.4 Å². The van der Waals surface area contributed by atoms with Crippen molar-refractivity contribution in [3.63, 3.8) is 0 Å². The monoisotopic (exact) mass is 399 g/mol. The molecule has 1 amide bonds. The summed E-state index contributed by atoms with van der Waals surface area (Å²) in [5.41, 5.74) is 3.75. The van der Waals surface area contributed by atoms with Gasteiger partial charge in [0.05, 0.1) is 16.8 Å². The molecule has 5 nitrogen and oxygen atoms in total. The van der Waals surface area contributed by atoms with Crippen LogP contribution in [0.2, 0.25) is 0 Å². The molecule has 140 valence electrons. The average Bonchev–Trinajstić information content (AvgIpc) is 3.08. The molecule has 0 radical (unpaired) electrons. The summed E-state index contributed by atoms with van der Waals surface area (Å²) in [6, 6.07) is 11.1. The number of nitrogens with one attached hydrogen (secondary N) is 2. The third kappa shape index (κ3) is 4.61. The lowest BCUT2D eigenvalue weighted by Gasteiger charge is -2.08. The number of thiazole rings is 1. The van der Waals surface area contributed by atoms with E-state index in [9.17, 15) is 4.79 Å². The van der Waals surface area contributed by atoms with Gasteiger partial charge in [-0.25, -0.2) is 4.98 Å². The quantitative estimate of drug-likeness (QED) is 0.602. The predicted molar refractivity (Wildman–Crippen MR) is 115 cm³/mol. The first-order valence-electron chi connectivity index (χ1n) is 8.70. The van der Waals surface area contributed by atoms with E-state index in [2.05, 4.69) is 34.7 Å². The van der Waals surface area contributed by atoms with Crippen molar-refractivity contribution in [1.29, 1.82) is 0 Å². The van der Waals surface area contributed by atoms with Crippen molar-refractivity contribution in [2.45, 2.75) is 27.2 Å². The van der Waals surface area contributed by atoms with Crippen LogP contribution in [0, 0.1) is 13.8 Å². The molecule has 27 heavy (non-hydrogen) atoms. The van der Waals surface area contributed by atoms with E-state index in [1.54, 1.807) is 24.3 Å². The van der Waals surface area contributed by atoms with E-state index in [1.165, 1.54) is 16.9 Å². The Morgan fingerprint density at radius 1 is 1.15 bits per heavy atom. The normalized spacial score (nSPS) is 10.6. The maximum atomic E-state index is 12.4. The molecule has 0 aliphatic carbocycles. The highest BCUT2D eigenvalue weighted by Crippen LogP contribution is 2.30. The highest BCUT2D eigenvalue weighted by atomic mass is 32.1. The van der Waals surface area contributed by atoms with Crippen LogP contribution in [-0.4, -0.2) is 22.6 Å². The summed E-state index contributed by atoms with van der Waals surface area (Å²) in [6.07, 6.45) is 0.937. The number of anilines is 1. The van der Waals surface area contributed by atoms with Crippen LogP contribution in [0.4, 0.5) is 5.13 Å². The Hall–Kier alpha value is -2.51. The van der Waals surface area contributed by atoms with Gasteiger partial charge in [-0.15, -0.1) is 0 Å². The molecular formula is C20H21N3O2S2. The topological polar surface area (TPSA) is 63.2 Å². The van der Waals surface area contributed by atoms with Crippen molar-refractivity contribution >= 4 is 49.9 Å². The largest absolute Gasteiger partial charge is 0.494 e. The van der Waals surface area contributed by atoms with Crippen molar-refractivity contribution in [3.05, 3.63) is 53.1 Å². The first-order chi connectivity index (χ1) is 13.0. The molecule has 1 aromatic heterocycles. The van der Waals surface area contributed by atoms with E-state index in [0.717, 1.165) is 28.0 Å². The van der Waals surface area contributed by atoms with Crippen LogP contribution in [-0.2, 0) is 0 Å². The molecular weight excluding hydrogens is 378 g/mol. The summed E-state index contributed by atoms with van der Waals surface area (Å²) >= 11 is 6.79. The Balaban J connectivity index is 1.64. The lowest BCUT2D eigenvalue weighted by molar-refractivity contribution is 0.0977. The van der Waals surface area contributed by atoms with Gasteiger partial charge in [0.25, 0.3) is 5.91 Å². The number of amides is 1. The van der Waals surface area contributed by atoms with Crippen molar-refractivity contribution in [3.8, 4) is 5.75 Å². The smallest absolute Gasteiger partial charge is 0.257 e. The van der Waals surface area contributed by atoms with E-state index in [4.69, 9.17) is 17.0 Å². The molecule has 0 unspecified atom stereocenters. The van der Waals surface area contributed by atoms with Crippen molar-refractivity contribution in [1.82, 2.24) is 10.3 Å². The Morgan fingerprint density at radius 3 is 2.52 bits per heavy atom. The van der Waals surface area contributed by atoms with Gasteiger partial charge in [0.1, 0.15) is 5.75 Å². The summed E-state index contributed by atoms with van der Waals surface area (Å²) in [7, 11) is 0. The maximum absolute atomic E-state index is 12.4. The number of hydrogen-bond acceptors (Lipinski definition) is 5. The first kappa shape index (κ1) is 19.3. The zero-order valence-electron chi connectivity index (χ0n) is 15.5. The number of rotatable bonds is 5. The number of ether oxygens (including phenoxy) is 1. The fraction of sp³-hybridized carbons (Fsp3) is 0.250. The summed E-state index contributed by atoms with van der Waals surface area (Å²) in [5, 5.41) is 6.58. The summed E-state index contributed by atoms with van der Waals surface area (Å²) in [5.74, 6) is 0.470. The number of aromatic nitrogens is 1. The van der Waals surface area contributed by atoms with E-state index < -0.39 is 0 Å². The lowest BCUT2D eigenvalue weighted by atomic mass is 10.1. The number of carbonyl (C=O) groups excluding carboxylic acids is 1. The minimum atomic E-state index is -0.275. The van der Waals surface area contributed by atoms with Crippen LogP contribution < -0.4 is 15.4 Å². The van der Waals surface area contributed by atoms with E-state index in [-0.39, 0.29) is 11.0 Å². The summed E-state index contributed by atoms with van der Waals surface area (Å²) < 4.78 is 6.64. The molecule has 3 rings (SSSR count). The number of fused-ring (bicyclic) bond motifs is 1. The van der Waals surface area contributed by atoms with Gasteiger partial charge in [-0.1, -0.05) is 30.4 Å². The number of carbonyl (C=O) groups is 1. The lowest BCUT2D eigenvalue weighted by Crippen LogP contribution is -2.34. The molecule has 7 heteroatoms. The molecule has 0 bridgehead atoms. The molecule has 0 saturated heterocycles. The van der Waals surface area contributed by atoms with E-state index >= 15 is 0 Å². The van der Waals surface area contributed by atoms with Gasteiger partial charge in [-0.2, -0.15) is 0 Å². The molecule has 3 aromatic rings. The second kappa shape index (κ2) is 8.45. The Kier molecular flexibility index (Phi) is 6.03. The third-order valence-electron chi connectivity index (χ3n) is 3.98. The van der Waals surface area contributed by atoms with Gasteiger partial charge in [0.15, 0.2) is 10.2 Å². The second-order valence-corrected chi connectivity index (χ2v) is 7.58. The third-order valence-corrected chi connectivity index (χ3v) is 5.29. The van der Waals surface area contributed by atoms with E-state index in [0.29, 0.717) is 17.3 Å². The molecule has 0 aliphatic rings. The molecule has 0 fully saturated rings. The van der Waals surface area contributed by atoms with Gasteiger partial charge in [-0.3, -0.25) is 10.1 Å². The predicted octanol–water partition coefficient (Wildman–Crippen LogP) is 4.83. The number of hydrogen-bond donors (Lipinski definition) is 2. The Labute approximate surface area is 167 Å². The minimum absolute atomic E-state index is 0.223. The molecule has 0 atom stereocenters. The Morgan fingerprint density at radius 2 is 1.85 bits per heavy atom. The maximum Gasteiger partial charge on any atom is 0.257 e. The molecule has 0 aliphatic heterocycles. The van der Waals surface area contributed by atoms with Crippen molar-refractivity contribution < 1.29 is 9.53 Å². The highest BCUT2D eigenvalue weighted by molar-refractivity contribution is 7.80. The zero-order chi connectivity index (χ0) is 19.4. The van der Waals surface area contributed by atoms with Crippen LogP contribution >= 0.6 is 23.6 Å². The molecule has 0 saturated carbocycles. The van der Waals surface area contributed by atoms with Crippen LogP contribution in [0.5, 0.6) is 5.75 Å². The number of benzene rings is 2. The molecule has 2 aromatic carbocycles. The SMILES string of the molecule is CCCOc1ccc(C(=O)NC(=S)Nc2nc3c(C)ccc(C)c3s2)cc1. The molecule has 0 spiro atoms. The first-order valence-corrected chi connectivity index (χ1v) is 9.92. The van der Waals surface area contributed by atoms with Gasteiger partial charge < -0.3 is 10.1 Å². The van der Waals surface area contributed by atoms with Crippen molar-refractivity contribution in [2.24, 2.45) is 0 Å². The number of aryl methyl sites for hydroxylation is 2.